The lowest BCUT2D eigenvalue weighted by Crippen LogP contribution is -2.46. The lowest BCUT2D eigenvalue weighted by Gasteiger charge is -2.41. The summed E-state index contributed by atoms with van der Waals surface area (Å²) in [6.07, 6.45) is 1.24. The van der Waals surface area contributed by atoms with Gasteiger partial charge in [-0.2, -0.15) is 4.39 Å². The van der Waals surface area contributed by atoms with Crippen LogP contribution in [0, 0.1) is 17.8 Å². The molecule has 88 valence electrons. The Kier molecular flexibility index (Phi) is 3.13. The van der Waals surface area contributed by atoms with Gasteiger partial charge in [0, 0.05) is 12.6 Å². The maximum absolute atomic E-state index is 13.1. The van der Waals surface area contributed by atoms with Crippen molar-refractivity contribution in [3.8, 4) is 0 Å². The minimum atomic E-state index is -0.393. The fraction of sp³-hybridized carbons (Fsp3) is 0.615. The Bertz CT molecular complexity index is 367. The van der Waals surface area contributed by atoms with Crippen LogP contribution < -0.4 is 4.90 Å². The standard InChI is InChI=1S/C13H19FN2/c1-9-7-10(2)11(3)16(8-9)13-6-4-5-12(14)15-13/h4-6,9-11H,7-8H2,1-3H3. The zero-order valence-corrected chi connectivity index (χ0v) is 10.2. The van der Waals surface area contributed by atoms with E-state index in [0.29, 0.717) is 17.9 Å². The third kappa shape index (κ3) is 2.18. The van der Waals surface area contributed by atoms with Crippen molar-refractivity contribution >= 4 is 5.82 Å². The summed E-state index contributed by atoms with van der Waals surface area (Å²) in [5.41, 5.74) is 0. The first-order valence-corrected chi connectivity index (χ1v) is 5.97. The van der Waals surface area contributed by atoms with Crippen molar-refractivity contribution in [2.45, 2.75) is 33.2 Å². The second-order valence-corrected chi connectivity index (χ2v) is 5.03. The van der Waals surface area contributed by atoms with Crippen molar-refractivity contribution < 1.29 is 4.39 Å². The molecule has 3 unspecified atom stereocenters. The lowest BCUT2D eigenvalue weighted by molar-refractivity contribution is 0.295. The Hall–Kier alpha value is -1.12. The van der Waals surface area contributed by atoms with Crippen molar-refractivity contribution in [1.29, 1.82) is 0 Å². The van der Waals surface area contributed by atoms with E-state index in [1.54, 1.807) is 6.07 Å². The van der Waals surface area contributed by atoms with Gasteiger partial charge in [-0.25, -0.2) is 4.98 Å². The predicted molar refractivity (Wildman–Crippen MR) is 63.9 cm³/mol. The molecule has 3 atom stereocenters. The number of halogens is 1. The van der Waals surface area contributed by atoms with Gasteiger partial charge in [-0.15, -0.1) is 0 Å². The Balaban J connectivity index is 2.25. The van der Waals surface area contributed by atoms with Crippen LogP contribution in [0.3, 0.4) is 0 Å². The van der Waals surface area contributed by atoms with Crippen LogP contribution in [-0.2, 0) is 0 Å². The summed E-state index contributed by atoms with van der Waals surface area (Å²) in [6, 6.07) is 5.45. The molecule has 0 aliphatic carbocycles. The molecule has 2 nitrogen and oxygen atoms in total. The number of hydrogen-bond acceptors (Lipinski definition) is 2. The second kappa shape index (κ2) is 4.40. The second-order valence-electron chi connectivity index (χ2n) is 5.03. The van der Waals surface area contributed by atoms with E-state index in [4.69, 9.17) is 0 Å². The maximum Gasteiger partial charge on any atom is 0.214 e. The molecular formula is C13H19FN2. The number of rotatable bonds is 1. The molecule has 1 fully saturated rings. The largest absolute Gasteiger partial charge is 0.353 e. The van der Waals surface area contributed by atoms with E-state index >= 15 is 0 Å². The highest BCUT2D eigenvalue weighted by Crippen LogP contribution is 2.30. The number of aromatic nitrogens is 1. The van der Waals surface area contributed by atoms with Crippen LogP contribution >= 0.6 is 0 Å². The van der Waals surface area contributed by atoms with Crippen molar-refractivity contribution in [3.05, 3.63) is 24.1 Å². The van der Waals surface area contributed by atoms with Crippen molar-refractivity contribution in [2.75, 3.05) is 11.4 Å². The summed E-state index contributed by atoms with van der Waals surface area (Å²) in [4.78, 5) is 6.20. The Morgan fingerprint density at radius 1 is 1.31 bits per heavy atom. The zero-order valence-electron chi connectivity index (χ0n) is 10.2. The molecule has 0 saturated carbocycles. The SMILES string of the molecule is CC1CC(C)C(C)N(c2cccc(F)n2)C1. The summed E-state index contributed by atoms with van der Waals surface area (Å²) in [5, 5.41) is 0. The van der Waals surface area contributed by atoms with Crippen LogP contribution in [0.4, 0.5) is 10.2 Å². The van der Waals surface area contributed by atoms with E-state index in [1.807, 2.05) is 6.07 Å². The van der Waals surface area contributed by atoms with Crippen LogP contribution in [-0.4, -0.2) is 17.6 Å². The molecule has 1 aliphatic rings. The third-order valence-corrected chi connectivity index (χ3v) is 3.59. The Morgan fingerprint density at radius 2 is 2.06 bits per heavy atom. The molecule has 1 saturated heterocycles. The molecule has 2 rings (SSSR count). The van der Waals surface area contributed by atoms with Crippen LogP contribution in [0.5, 0.6) is 0 Å². The highest BCUT2D eigenvalue weighted by Gasteiger charge is 2.29. The number of piperidine rings is 1. The first-order valence-electron chi connectivity index (χ1n) is 5.97. The van der Waals surface area contributed by atoms with Crippen molar-refractivity contribution in [3.63, 3.8) is 0 Å². The number of anilines is 1. The predicted octanol–water partition coefficient (Wildman–Crippen LogP) is 3.09. The highest BCUT2D eigenvalue weighted by atomic mass is 19.1. The Morgan fingerprint density at radius 3 is 2.75 bits per heavy atom. The van der Waals surface area contributed by atoms with Crippen molar-refractivity contribution in [2.24, 2.45) is 11.8 Å². The van der Waals surface area contributed by atoms with Crippen LogP contribution in [0.15, 0.2) is 18.2 Å². The number of pyridine rings is 1. The minimum absolute atomic E-state index is 0.393. The van der Waals surface area contributed by atoms with Crippen LogP contribution in [0.2, 0.25) is 0 Å². The van der Waals surface area contributed by atoms with Gasteiger partial charge in [0.05, 0.1) is 0 Å². The monoisotopic (exact) mass is 222 g/mol. The first-order chi connectivity index (χ1) is 7.58. The molecule has 0 aromatic carbocycles. The molecule has 2 heterocycles. The third-order valence-electron chi connectivity index (χ3n) is 3.59. The molecule has 1 aromatic rings. The molecule has 1 aromatic heterocycles. The zero-order chi connectivity index (χ0) is 11.7. The van der Waals surface area contributed by atoms with E-state index in [0.717, 1.165) is 12.4 Å². The smallest absolute Gasteiger partial charge is 0.214 e. The summed E-state index contributed by atoms with van der Waals surface area (Å²) < 4.78 is 13.1. The molecule has 0 N–H and O–H groups in total. The number of hydrogen-bond donors (Lipinski definition) is 0. The molecular weight excluding hydrogens is 203 g/mol. The van der Waals surface area contributed by atoms with E-state index in [1.165, 1.54) is 12.5 Å². The van der Waals surface area contributed by atoms with Gasteiger partial charge in [0.25, 0.3) is 0 Å². The van der Waals surface area contributed by atoms with Gasteiger partial charge in [0.15, 0.2) is 0 Å². The molecule has 0 amide bonds. The maximum atomic E-state index is 13.1. The molecule has 16 heavy (non-hydrogen) atoms. The summed E-state index contributed by atoms with van der Waals surface area (Å²) in [6.45, 7) is 7.67. The van der Waals surface area contributed by atoms with Gasteiger partial charge >= 0.3 is 0 Å². The molecule has 3 heteroatoms. The van der Waals surface area contributed by atoms with E-state index in [2.05, 4.69) is 30.7 Å². The van der Waals surface area contributed by atoms with Crippen molar-refractivity contribution in [1.82, 2.24) is 4.98 Å². The van der Waals surface area contributed by atoms with E-state index in [9.17, 15) is 4.39 Å². The van der Waals surface area contributed by atoms with Gasteiger partial charge in [0.2, 0.25) is 5.95 Å². The lowest BCUT2D eigenvalue weighted by atomic mass is 9.86. The van der Waals surface area contributed by atoms with Gasteiger partial charge in [0.1, 0.15) is 5.82 Å². The van der Waals surface area contributed by atoms with Gasteiger partial charge in [-0.3, -0.25) is 0 Å². The average molecular weight is 222 g/mol. The molecule has 0 bridgehead atoms. The molecule has 0 radical (unpaired) electrons. The fourth-order valence-electron chi connectivity index (χ4n) is 2.58. The summed E-state index contributed by atoms with van der Waals surface area (Å²) in [5.74, 6) is 1.66. The van der Waals surface area contributed by atoms with E-state index in [-0.39, 0.29) is 0 Å². The van der Waals surface area contributed by atoms with E-state index < -0.39 is 5.95 Å². The van der Waals surface area contributed by atoms with Gasteiger partial charge < -0.3 is 4.90 Å². The molecule has 1 aliphatic heterocycles. The first kappa shape index (κ1) is 11.4. The highest BCUT2D eigenvalue weighted by molar-refractivity contribution is 5.40. The summed E-state index contributed by atoms with van der Waals surface area (Å²) in [7, 11) is 0. The summed E-state index contributed by atoms with van der Waals surface area (Å²) >= 11 is 0. The average Bonchev–Trinajstić information content (AvgIpc) is 2.23. The molecule has 0 spiro atoms. The Labute approximate surface area is 96.5 Å². The van der Waals surface area contributed by atoms with Crippen LogP contribution in [0.1, 0.15) is 27.2 Å². The fourth-order valence-corrected chi connectivity index (χ4v) is 2.58. The topological polar surface area (TPSA) is 16.1 Å². The normalized spacial score (nSPS) is 30.5. The number of nitrogens with zero attached hydrogens (tertiary/aromatic N) is 2. The minimum Gasteiger partial charge on any atom is -0.353 e. The van der Waals surface area contributed by atoms with Gasteiger partial charge in [-0.05, 0) is 37.3 Å². The van der Waals surface area contributed by atoms with Crippen LogP contribution in [0.25, 0.3) is 0 Å². The quantitative estimate of drug-likeness (QED) is 0.679. The van der Waals surface area contributed by atoms with Gasteiger partial charge in [-0.1, -0.05) is 19.9 Å².